The van der Waals surface area contributed by atoms with E-state index in [2.05, 4.69) is 0 Å². The highest BCUT2D eigenvalue weighted by atomic mass is 16.3. The minimum absolute atomic E-state index is 0.180. The maximum atomic E-state index is 11.0. The lowest BCUT2D eigenvalue weighted by molar-refractivity contribution is 0.225. The van der Waals surface area contributed by atoms with Crippen LogP contribution in [0.3, 0.4) is 0 Å². The maximum absolute atomic E-state index is 11.0. The number of rotatable bonds is 4. The van der Waals surface area contributed by atoms with E-state index in [0.29, 0.717) is 19.3 Å². The second-order valence-electron chi connectivity index (χ2n) is 7.23. The Labute approximate surface area is 163 Å². The van der Waals surface area contributed by atoms with Crippen LogP contribution in [0.4, 0.5) is 0 Å². The lowest BCUT2D eigenvalue weighted by Crippen LogP contribution is -2.05. The predicted octanol–water partition coefficient (Wildman–Crippen LogP) is 4.34. The van der Waals surface area contributed by atoms with Crippen molar-refractivity contribution in [2.75, 3.05) is 0 Å². The molecule has 142 valence electrons. The van der Waals surface area contributed by atoms with Crippen LogP contribution in [0.5, 0.6) is 17.2 Å². The molecule has 0 fully saturated rings. The van der Waals surface area contributed by atoms with Gasteiger partial charge in [-0.2, -0.15) is 0 Å². The Kier molecular flexibility index (Phi) is 4.80. The Morgan fingerprint density at radius 1 is 0.857 bits per heavy atom. The van der Waals surface area contributed by atoms with E-state index in [1.165, 1.54) is 0 Å². The van der Waals surface area contributed by atoms with E-state index in [-0.39, 0.29) is 17.2 Å². The van der Waals surface area contributed by atoms with E-state index in [0.717, 1.165) is 33.0 Å². The Hall–Kier alpha value is -3.24. The van der Waals surface area contributed by atoms with Gasteiger partial charge in [0.2, 0.25) is 0 Å². The van der Waals surface area contributed by atoms with Gasteiger partial charge in [-0.3, -0.25) is 0 Å². The summed E-state index contributed by atoms with van der Waals surface area (Å²) in [6.45, 7) is 0. The van der Waals surface area contributed by atoms with Gasteiger partial charge in [0.15, 0.2) is 0 Å². The van der Waals surface area contributed by atoms with Crippen molar-refractivity contribution < 1.29 is 20.4 Å². The van der Waals surface area contributed by atoms with Gasteiger partial charge in [0.25, 0.3) is 0 Å². The molecule has 4 N–H and O–H groups in total. The molecule has 4 heteroatoms. The summed E-state index contributed by atoms with van der Waals surface area (Å²) >= 11 is 0. The van der Waals surface area contributed by atoms with Crippen LogP contribution in [0, 0.1) is 0 Å². The van der Waals surface area contributed by atoms with Gasteiger partial charge >= 0.3 is 0 Å². The monoisotopic (exact) mass is 374 g/mol. The van der Waals surface area contributed by atoms with Crippen molar-refractivity contribution in [1.29, 1.82) is 0 Å². The normalized spacial score (nSPS) is 16.3. The first-order valence-electron chi connectivity index (χ1n) is 9.29. The first-order chi connectivity index (χ1) is 13.5. The molecule has 0 saturated heterocycles. The first-order valence-corrected chi connectivity index (χ1v) is 9.29. The van der Waals surface area contributed by atoms with Gasteiger partial charge in [-0.05, 0) is 64.2 Å². The molecule has 0 amide bonds. The third-order valence-corrected chi connectivity index (χ3v) is 5.15. The van der Waals surface area contributed by atoms with Crippen LogP contribution in [0.2, 0.25) is 0 Å². The van der Waals surface area contributed by atoms with E-state index in [1.54, 1.807) is 30.3 Å². The van der Waals surface area contributed by atoms with Crippen molar-refractivity contribution in [3.05, 3.63) is 89.0 Å². The summed E-state index contributed by atoms with van der Waals surface area (Å²) in [5.41, 5.74) is 3.58. The highest BCUT2D eigenvalue weighted by molar-refractivity contribution is 5.90. The van der Waals surface area contributed by atoms with Crippen LogP contribution in [0.1, 0.15) is 23.1 Å². The predicted molar refractivity (Wildman–Crippen MR) is 110 cm³/mol. The van der Waals surface area contributed by atoms with Gasteiger partial charge in [-0.15, -0.1) is 0 Å². The first kappa shape index (κ1) is 18.1. The summed E-state index contributed by atoms with van der Waals surface area (Å²) < 4.78 is 0. The van der Waals surface area contributed by atoms with Crippen molar-refractivity contribution in [2.45, 2.75) is 25.4 Å². The van der Waals surface area contributed by atoms with Crippen molar-refractivity contribution in [3.63, 3.8) is 0 Å². The number of benzene rings is 3. The average Bonchev–Trinajstić information content (AvgIpc) is 2.68. The number of allylic oxidation sites excluding steroid dienone is 2. The molecule has 0 saturated carbocycles. The number of hydrogen-bond acceptors (Lipinski definition) is 4. The summed E-state index contributed by atoms with van der Waals surface area (Å²) in [5, 5.41) is 41.8. The van der Waals surface area contributed by atoms with Gasteiger partial charge in [-0.25, -0.2) is 0 Å². The second kappa shape index (κ2) is 7.41. The number of aliphatic hydroxyl groups is 1. The molecule has 0 spiro atoms. The largest absolute Gasteiger partial charge is 0.508 e. The fourth-order valence-corrected chi connectivity index (χ4v) is 3.66. The highest BCUT2D eigenvalue weighted by Crippen LogP contribution is 2.36. The maximum Gasteiger partial charge on any atom is 0.123 e. The average molecular weight is 374 g/mol. The fraction of sp³-hybridized carbons (Fsp3) is 0.167. The molecule has 0 heterocycles. The van der Waals surface area contributed by atoms with Crippen molar-refractivity contribution in [3.8, 4) is 17.2 Å². The third kappa shape index (κ3) is 3.73. The molecule has 1 atom stereocenters. The lowest BCUT2D eigenvalue weighted by Gasteiger charge is -2.16. The van der Waals surface area contributed by atoms with Crippen LogP contribution < -0.4 is 0 Å². The zero-order valence-corrected chi connectivity index (χ0v) is 15.3. The van der Waals surface area contributed by atoms with Crippen LogP contribution in [0.25, 0.3) is 10.8 Å². The lowest BCUT2D eigenvalue weighted by atomic mass is 9.91. The summed E-state index contributed by atoms with van der Waals surface area (Å²) in [6.07, 6.45) is 6.81. The molecule has 1 aliphatic rings. The van der Waals surface area contributed by atoms with Crippen LogP contribution >= 0.6 is 0 Å². The molecule has 0 bridgehead atoms. The van der Waals surface area contributed by atoms with Crippen LogP contribution in [0.15, 0.2) is 72.3 Å². The standard InChI is InChI=1S/C24H22O4/c25-19-5-1-15(2-6-19)11-18-13-17-14-21(27)9-10-22(17)23(24(18)28)12-16-3-7-20(26)8-4-16/h1-5,7-10,13-14,19,25-28H,6,11-12H2. The molecular formula is C24H22O4. The fourth-order valence-electron chi connectivity index (χ4n) is 3.66. The summed E-state index contributed by atoms with van der Waals surface area (Å²) in [7, 11) is 0. The number of phenols is 3. The zero-order chi connectivity index (χ0) is 19.7. The summed E-state index contributed by atoms with van der Waals surface area (Å²) in [5.74, 6) is 0.626. The van der Waals surface area contributed by atoms with E-state index >= 15 is 0 Å². The molecule has 4 rings (SSSR count). The number of phenolic OH excluding ortho intramolecular Hbond substituents is 3. The smallest absolute Gasteiger partial charge is 0.123 e. The Morgan fingerprint density at radius 3 is 2.32 bits per heavy atom. The van der Waals surface area contributed by atoms with E-state index in [4.69, 9.17) is 0 Å². The number of aliphatic hydroxyl groups excluding tert-OH is 1. The van der Waals surface area contributed by atoms with E-state index in [9.17, 15) is 20.4 Å². The molecule has 3 aromatic rings. The highest BCUT2D eigenvalue weighted by Gasteiger charge is 2.16. The SMILES string of the molecule is Oc1ccc(Cc2c(O)c(CC3=CCC(O)C=C3)cc3cc(O)ccc23)cc1. The van der Waals surface area contributed by atoms with E-state index in [1.807, 2.05) is 36.4 Å². The van der Waals surface area contributed by atoms with Crippen LogP contribution in [-0.4, -0.2) is 26.5 Å². The third-order valence-electron chi connectivity index (χ3n) is 5.15. The quantitative estimate of drug-likeness (QED) is 0.548. The number of hydrogen-bond donors (Lipinski definition) is 4. The Morgan fingerprint density at radius 2 is 1.61 bits per heavy atom. The minimum atomic E-state index is -0.448. The molecule has 28 heavy (non-hydrogen) atoms. The zero-order valence-electron chi connectivity index (χ0n) is 15.3. The van der Waals surface area contributed by atoms with Gasteiger partial charge < -0.3 is 20.4 Å². The van der Waals surface area contributed by atoms with Gasteiger partial charge in [0.05, 0.1) is 6.10 Å². The molecule has 1 unspecified atom stereocenters. The Balaban J connectivity index is 1.78. The topological polar surface area (TPSA) is 80.9 Å². The molecule has 3 aromatic carbocycles. The molecule has 4 nitrogen and oxygen atoms in total. The molecular weight excluding hydrogens is 352 g/mol. The number of fused-ring (bicyclic) bond motifs is 1. The minimum Gasteiger partial charge on any atom is -0.508 e. The molecule has 1 aliphatic carbocycles. The van der Waals surface area contributed by atoms with Crippen molar-refractivity contribution in [2.24, 2.45) is 0 Å². The summed E-state index contributed by atoms with van der Waals surface area (Å²) in [4.78, 5) is 0. The second-order valence-corrected chi connectivity index (χ2v) is 7.23. The van der Waals surface area contributed by atoms with Gasteiger partial charge in [0, 0.05) is 18.4 Å². The van der Waals surface area contributed by atoms with Crippen molar-refractivity contribution in [1.82, 2.24) is 0 Å². The van der Waals surface area contributed by atoms with Crippen molar-refractivity contribution >= 4 is 10.8 Å². The van der Waals surface area contributed by atoms with E-state index < -0.39 is 6.10 Å². The molecule has 0 aromatic heterocycles. The summed E-state index contributed by atoms with van der Waals surface area (Å²) in [6, 6.07) is 14.0. The van der Waals surface area contributed by atoms with Gasteiger partial charge in [0.1, 0.15) is 17.2 Å². The Bertz CT molecular complexity index is 1080. The number of aromatic hydroxyl groups is 3. The molecule has 0 aliphatic heterocycles. The molecule has 0 radical (unpaired) electrons. The van der Waals surface area contributed by atoms with Crippen LogP contribution in [-0.2, 0) is 12.8 Å². The van der Waals surface area contributed by atoms with Gasteiger partial charge in [-0.1, -0.05) is 36.4 Å².